The number of aliphatic hydroxyl groups excluding tert-OH is 1. The Morgan fingerprint density at radius 1 is 1.13 bits per heavy atom. The molecule has 0 fully saturated rings. The summed E-state index contributed by atoms with van der Waals surface area (Å²) >= 11 is 0. The highest BCUT2D eigenvalue weighted by atomic mass is 16.3. The van der Waals surface area contributed by atoms with Crippen LogP contribution in [-0.4, -0.2) is 29.2 Å². The van der Waals surface area contributed by atoms with Crippen LogP contribution in [0, 0.1) is 0 Å². The summed E-state index contributed by atoms with van der Waals surface area (Å²) in [6.45, 7) is 0.637. The van der Waals surface area contributed by atoms with Gasteiger partial charge in [-0.3, -0.25) is 0 Å². The third-order valence-electron chi connectivity index (χ3n) is 4.32. The van der Waals surface area contributed by atoms with Gasteiger partial charge in [0, 0.05) is 18.8 Å². The number of nitrogens with zero attached hydrogens (tertiary/aromatic N) is 1. The lowest BCUT2D eigenvalue weighted by Gasteiger charge is -2.30. The van der Waals surface area contributed by atoms with Crippen molar-refractivity contribution in [3.05, 3.63) is 65.7 Å². The molecule has 3 rings (SSSR count). The molecule has 2 N–H and O–H groups in total. The second-order valence-corrected chi connectivity index (χ2v) is 5.82. The molecule has 1 atom stereocenters. The number of aryl methyl sites for hydroxylation is 1. The fourth-order valence-electron chi connectivity index (χ4n) is 3.22. The normalized spacial score (nSPS) is 16.0. The SMILES string of the molecule is O=C(Nc1ccccc1)N(CCCO)C1CCc2ccccc21. The van der Waals surface area contributed by atoms with Gasteiger partial charge in [0.25, 0.3) is 0 Å². The van der Waals surface area contributed by atoms with Gasteiger partial charge < -0.3 is 15.3 Å². The zero-order valence-corrected chi connectivity index (χ0v) is 13.1. The van der Waals surface area contributed by atoms with E-state index in [1.807, 2.05) is 47.4 Å². The Kier molecular flexibility index (Phi) is 4.93. The molecule has 1 aliphatic carbocycles. The fourth-order valence-corrected chi connectivity index (χ4v) is 3.22. The molecular formula is C19H22N2O2. The molecule has 0 aromatic heterocycles. The Bertz CT molecular complexity index is 657. The van der Waals surface area contributed by atoms with E-state index in [2.05, 4.69) is 17.4 Å². The van der Waals surface area contributed by atoms with Gasteiger partial charge in [0.05, 0.1) is 6.04 Å². The van der Waals surface area contributed by atoms with Crippen LogP contribution < -0.4 is 5.32 Å². The minimum absolute atomic E-state index is 0.0847. The summed E-state index contributed by atoms with van der Waals surface area (Å²) in [6, 6.07) is 17.8. The van der Waals surface area contributed by atoms with Crippen LogP contribution in [0.15, 0.2) is 54.6 Å². The van der Waals surface area contributed by atoms with Crippen molar-refractivity contribution < 1.29 is 9.90 Å². The van der Waals surface area contributed by atoms with Gasteiger partial charge in [-0.1, -0.05) is 42.5 Å². The van der Waals surface area contributed by atoms with E-state index >= 15 is 0 Å². The first kappa shape index (κ1) is 15.6. The smallest absolute Gasteiger partial charge is 0.322 e. The maximum absolute atomic E-state index is 12.7. The highest BCUT2D eigenvalue weighted by Crippen LogP contribution is 2.36. The minimum Gasteiger partial charge on any atom is -0.396 e. The first-order valence-electron chi connectivity index (χ1n) is 8.11. The van der Waals surface area contributed by atoms with Crippen molar-refractivity contribution in [2.45, 2.75) is 25.3 Å². The first-order valence-corrected chi connectivity index (χ1v) is 8.11. The predicted octanol–water partition coefficient (Wildman–Crippen LogP) is 3.59. The number of rotatable bonds is 5. The summed E-state index contributed by atoms with van der Waals surface area (Å²) in [5.41, 5.74) is 3.34. The van der Waals surface area contributed by atoms with E-state index in [1.165, 1.54) is 11.1 Å². The Hall–Kier alpha value is -2.33. The van der Waals surface area contributed by atoms with Crippen molar-refractivity contribution in [1.29, 1.82) is 0 Å². The number of aliphatic hydroxyl groups is 1. The summed E-state index contributed by atoms with van der Waals surface area (Å²) in [4.78, 5) is 14.6. The monoisotopic (exact) mass is 310 g/mol. The number of carbonyl (C=O) groups is 1. The van der Waals surface area contributed by atoms with E-state index in [-0.39, 0.29) is 18.7 Å². The van der Waals surface area contributed by atoms with Crippen molar-refractivity contribution in [2.24, 2.45) is 0 Å². The van der Waals surface area contributed by atoms with Gasteiger partial charge in [-0.2, -0.15) is 0 Å². The summed E-state index contributed by atoms with van der Waals surface area (Å²) in [6.07, 6.45) is 2.52. The van der Waals surface area contributed by atoms with E-state index in [9.17, 15) is 4.79 Å². The zero-order chi connectivity index (χ0) is 16.1. The number of hydrogen-bond acceptors (Lipinski definition) is 2. The second-order valence-electron chi connectivity index (χ2n) is 5.82. The highest BCUT2D eigenvalue weighted by Gasteiger charge is 2.30. The minimum atomic E-state index is -0.105. The molecule has 0 heterocycles. The molecule has 2 aromatic carbocycles. The second kappa shape index (κ2) is 7.29. The van der Waals surface area contributed by atoms with E-state index < -0.39 is 0 Å². The number of urea groups is 1. The molecule has 0 bridgehead atoms. The summed E-state index contributed by atoms with van der Waals surface area (Å²) in [7, 11) is 0. The van der Waals surface area contributed by atoms with Crippen molar-refractivity contribution >= 4 is 11.7 Å². The Labute approximate surface area is 136 Å². The molecule has 0 radical (unpaired) electrons. The van der Waals surface area contributed by atoms with Gasteiger partial charge in [0.1, 0.15) is 0 Å². The topological polar surface area (TPSA) is 52.6 Å². The molecule has 4 nitrogen and oxygen atoms in total. The van der Waals surface area contributed by atoms with Gasteiger partial charge in [-0.05, 0) is 42.5 Å². The number of para-hydroxylation sites is 1. The lowest BCUT2D eigenvalue weighted by atomic mass is 10.1. The number of nitrogens with one attached hydrogen (secondary N) is 1. The third kappa shape index (κ3) is 3.54. The van der Waals surface area contributed by atoms with Gasteiger partial charge in [-0.25, -0.2) is 4.79 Å². The van der Waals surface area contributed by atoms with Gasteiger partial charge in [-0.15, -0.1) is 0 Å². The summed E-state index contributed by atoms with van der Waals surface area (Å²) < 4.78 is 0. The summed E-state index contributed by atoms with van der Waals surface area (Å²) in [5, 5.41) is 12.1. The maximum atomic E-state index is 12.7. The van der Waals surface area contributed by atoms with Crippen molar-refractivity contribution in [2.75, 3.05) is 18.5 Å². The number of hydrogen-bond donors (Lipinski definition) is 2. The average molecular weight is 310 g/mol. The molecular weight excluding hydrogens is 288 g/mol. The van der Waals surface area contributed by atoms with Crippen molar-refractivity contribution in [3.8, 4) is 0 Å². The molecule has 23 heavy (non-hydrogen) atoms. The predicted molar refractivity (Wildman–Crippen MR) is 91.4 cm³/mol. The Morgan fingerprint density at radius 3 is 2.65 bits per heavy atom. The molecule has 1 unspecified atom stereocenters. The number of anilines is 1. The average Bonchev–Trinajstić information content (AvgIpc) is 3.00. The van der Waals surface area contributed by atoms with Crippen LogP contribution in [0.4, 0.5) is 10.5 Å². The lowest BCUT2D eigenvalue weighted by Crippen LogP contribution is -2.38. The molecule has 0 aliphatic heterocycles. The number of amides is 2. The van der Waals surface area contributed by atoms with Crippen LogP contribution in [0.5, 0.6) is 0 Å². The quantitative estimate of drug-likeness (QED) is 0.886. The number of benzene rings is 2. The number of carbonyl (C=O) groups excluding carboxylic acids is 1. The van der Waals surface area contributed by atoms with Crippen LogP contribution in [0.25, 0.3) is 0 Å². The fraction of sp³-hybridized carbons (Fsp3) is 0.316. The van der Waals surface area contributed by atoms with Crippen LogP contribution in [0.1, 0.15) is 30.0 Å². The zero-order valence-electron chi connectivity index (χ0n) is 13.1. The maximum Gasteiger partial charge on any atom is 0.322 e. The van der Waals surface area contributed by atoms with E-state index in [4.69, 9.17) is 5.11 Å². The van der Waals surface area contributed by atoms with Gasteiger partial charge in [0.15, 0.2) is 0 Å². The first-order chi connectivity index (χ1) is 11.3. The molecule has 4 heteroatoms. The third-order valence-corrected chi connectivity index (χ3v) is 4.32. The van der Waals surface area contributed by atoms with Crippen molar-refractivity contribution in [1.82, 2.24) is 4.90 Å². The van der Waals surface area contributed by atoms with Crippen molar-refractivity contribution in [3.63, 3.8) is 0 Å². The van der Waals surface area contributed by atoms with E-state index in [1.54, 1.807) is 0 Å². The molecule has 120 valence electrons. The Balaban J connectivity index is 1.79. The molecule has 0 spiro atoms. The molecule has 0 saturated carbocycles. The lowest BCUT2D eigenvalue weighted by molar-refractivity contribution is 0.177. The molecule has 1 aliphatic rings. The van der Waals surface area contributed by atoms with E-state index in [0.717, 1.165) is 18.5 Å². The van der Waals surface area contributed by atoms with Gasteiger partial charge >= 0.3 is 6.03 Å². The largest absolute Gasteiger partial charge is 0.396 e. The van der Waals surface area contributed by atoms with Crippen LogP contribution >= 0.6 is 0 Å². The summed E-state index contributed by atoms with van der Waals surface area (Å²) in [5.74, 6) is 0. The Morgan fingerprint density at radius 2 is 1.87 bits per heavy atom. The molecule has 2 amide bonds. The van der Waals surface area contributed by atoms with Crippen LogP contribution in [-0.2, 0) is 6.42 Å². The molecule has 2 aromatic rings. The standard InChI is InChI=1S/C19H22N2O2/c22-14-6-13-21(19(23)20-16-8-2-1-3-9-16)18-12-11-15-7-4-5-10-17(15)18/h1-5,7-10,18,22H,6,11-14H2,(H,20,23). The van der Waals surface area contributed by atoms with Crippen LogP contribution in [0.2, 0.25) is 0 Å². The molecule has 0 saturated heterocycles. The van der Waals surface area contributed by atoms with Crippen LogP contribution in [0.3, 0.4) is 0 Å². The number of fused-ring (bicyclic) bond motifs is 1. The van der Waals surface area contributed by atoms with E-state index in [0.29, 0.717) is 13.0 Å². The highest BCUT2D eigenvalue weighted by molar-refractivity contribution is 5.89. The van der Waals surface area contributed by atoms with Gasteiger partial charge in [0.2, 0.25) is 0 Å².